The zero-order valence-electron chi connectivity index (χ0n) is 19.0. The van der Waals surface area contributed by atoms with E-state index in [9.17, 15) is 9.59 Å². The first-order valence-corrected chi connectivity index (χ1v) is 11.2. The van der Waals surface area contributed by atoms with Crippen LogP contribution in [0, 0.1) is 0 Å². The number of carbonyl (C=O) groups excluding carboxylic acids is 2. The molecule has 0 spiro atoms. The van der Waals surface area contributed by atoms with Crippen LogP contribution in [0.5, 0.6) is 0 Å². The Morgan fingerprint density at radius 2 is 2.06 bits per heavy atom. The minimum atomic E-state index is -0.334. The summed E-state index contributed by atoms with van der Waals surface area (Å²) < 4.78 is 7.54. The number of hydrogen-bond acceptors (Lipinski definition) is 5. The molecule has 8 nitrogen and oxygen atoms in total. The fourth-order valence-corrected chi connectivity index (χ4v) is 3.80. The van der Waals surface area contributed by atoms with Gasteiger partial charge in [0.2, 0.25) is 13.3 Å². The number of aromatic nitrogens is 2. The number of carbonyl (C=O) groups is 2. The van der Waals surface area contributed by atoms with Crippen molar-refractivity contribution in [3.05, 3.63) is 66.5 Å². The van der Waals surface area contributed by atoms with Crippen LogP contribution < -0.4 is 15.5 Å². The van der Waals surface area contributed by atoms with E-state index in [-0.39, 0.29) is 24.5 Å². The van der Waals surface area contributed by atoms with Gasteiger partial charge < -0.3 is 24.7 Å². The largest absolute Gasteiger partial charge is 0.401 e. The number of morpholine rings is 1. The number of amides is 2. The Labute approximate surface area is 194 Å². The van der Waals surface area contributed by atoms with Gasteiger partial charge in [-0.05, 0) is 43.5 Å². The topological polar surface area (TPSA) is 88.5 Å². The predicted octanol–water partition coefficient (Wildman–Crippen LogP) is 2.39. The zero-order chi connectivity index (χ0) is 23.2. The van der Waals surface area contributed by atoms with E-state index in [0.717, 1.165) is 37.4 Å². The maximum atomic E-state index is 12.4. The summed E-state index contributed by atoms with van der Waals surface area (Å²) in [6.07, 6.45) is 3.79. The van der Waals surface area contributed by atoms with Gasteiger partial charge in [0.1, 0.15) is 5.82 Å². The van der Waals surface area contributed by atoms with E-state index in [4.69, 9.17) is 4.74 Å². The van der Waals surface area contributed by atoms with Crippen molar-refractivity contribution in [2.24, 2.45) is 0 Å². The molecule has 3 heterocycles. The normalized spacial score (nSPS) is 15.7. The highest BCUT2D eigenvalue weighted by Crippen LogP contribution is 2.25. The van der Waals surface area contributed by atoms with E-state index in [1.807, 2.05) is 41.8 Å². The molecule has 1 aromatic carbocycles. The Hall–Kier alpha value is -3.59. The van der Waals surface area contributed by atoms with Crippen molar-refractivity contribution < 1.29 is 14.3 Å². The van der Waals surface area contributed by atoms with E-state index in [1.165, 1.54) is 0 Å². The minimum absolute atomic E-state index is 0.132. The van der Waals surface area contributed by atoms with Gasteiger partial charge in [0.05, 0.1) is 30.5 Å². The average Bonchev–Trinajstić information content (AvgIpc) is 3.32. The first-order valence-electron chi connectivity index (χ1n) is 11.2. The molecule has 2 amide bonds. The summed E-state index contributed by atoms with van der Waals surface area (Å²) in [5.41, 5.74) is 3.38. The third kappa shape index (κ3) is 5.81. The van der Waals surface area contributed by atoms with E-state index in [0.29, 0.717) is 18.0 Å². The number of ether oxygens (including phenoxy) is 1. The molecular weight excluding hydrogens is 417 g/mol. The number of rotatable bonds is 7. The van der Waals surface area contributed by atoms with Gasteiger partial charge in [-0.15, -0.1) is 0 Å². The van der Waals surface area contributed by atoms with Crippen LogP contribution in [0.3, 0.4) is 0 Å². The Bertz CT molecular complexity index is 1130. The third-order valence-corrected chi connectivity index (χ3v) is 5.55. The lowest BCUT2D eigenvalue weighted by Crippen LogP contribution is -2.41. The van der Waals surface area contributed by atoms with Crippen molar-refractivity contribution in [3.63, 3.8) is 0 Å². The molecule has 2 N–H and O–H groups in total. The van der Waals surface area contributed by atoms with Crippen LogP contribution in [0.15, 0.2) is 60.9 Å². The van der Waals surface area contributed by atoms with Crippen LogP contribution in [-0.2, 0) is 9.53 Å². The number of anilines is 2. The second-order valence-electron chi connectivity index (χ2n) is 8.05. The van der Waals surface area contributed by atoms with E-state index < -0.39 is 0 Å². The van der Waals surface area contributed by atoms with Gasteiger partial charge in [0, 0.05) is 30.5 Å². The fraction of sp³-hybridized carbons (Fsp3) is 0.292. The molecule has 9 heteroatoms. The van der Waals surface area contributed by atoms with Crippen molar-refractivity contribution in [2.45, 2.75) is 19.9 Å². The first kappa shape index (κ1) is 22.6. The molecule has 3 aromatic rings. The molecule has 2 aromatic heterocycles. The number of nitrogens with zero attached hydrogens (tertiary/aromatic N) is 3. The second kappa shape index (κ2) is 10.4. The Morgan fingerprint density at radius 1 is 1.21 bits per heavy atom. The average molecular weight is 445 g/mol. The quantitative estimate of drug-likeness (QED) is 0.546. The van der Waals surface area contributed by atoms with Crippen molar-refractivity contribution >= 4 is 30.7 Å². The zero-order valence-corrected chi connectivity index (χ0v) is 19.0. The molecule has 0 aliphatic carbocycles. The van der Waals surface area contributed by atoms with Crippen molar-refractivity contribution in [3.8, 4) is 11.3 Å². The monoisotopic (exact) mass is 445 g/mol. The summed E-state index contributed by atoms with van der Waals surface area (Å²) in [6.45, 7) is 6.36. The molecule has 1 aliphatic heterocycles. The van der Waals surface area contributed by atoms with Gasteiger partial charge in [-0.1, -0.05) is 25.0 Å². The fourth-order valence-electron chi connectivity index (χ4n) is 3.80. The van der Waals surface area contributed by atoms with Crippen LogP contribution in [0.25, 0.3) is 11.3 Å². The van der Waals surface area contributed by atoms with Gasteiger partial charge in [0.15, 0.2) is 0 Å². The Balaban J connectivity index is 1.38. The molecular formula is C24H28BN5O3. The molecule has 0 unspecified atom stereocenters. The summed E-state index contributed by atoms with van der Waals surface area (Å²) in [6, 6.07) is 15.4. The highest BCUT2D eigenvalue weighted by atomic mass is 16.5. The van der Waals surface area contributed by atoms with Crippen LogP contribution in [0.1, 0.15) is 17.3 Å². The maximum absolute atomic E-state index is 12.4. The standard InChI is InChI=1S/C24H28BN5O3/c1-17-15-29(11-12-33-17)20-6-3-5-18(13-20)21-7-4-8-22(27-21)28-23(31)14-26-24(32)19-9-10-30(16-19)25-2/h3-10,13,16-17,25H,11-12,14-15H2,1-2H3,(H,26,32)(H,27,28,31)/t17-/m1/s1. The van der Waals surface area contributed by atoms with Crippen LogP contribution in [0.4, 0.5) is 11.5 Å². The van der Waals surface area contributed by atoms with Crippen LogP contribution in [0.2, 0.25) is 6.82 Å². The molecule has 4 rings (SSSR count). The van der Waals surface area contributed by atoms with Gasteiger partial charge in [-0.3, -0.25) is 9.59 Å². The lowest BCUT2D eigenvalue weighted by Gasteiger charge is -2.33. The summed E-state index contributed by atoms with van der Waals surface area (Å²) in [4.78, 5) is 31.5. The number of benzene rings is 1. The summed E-state index contributed by atoms with van der Waals surface area (Å²) in [5.74, 6) is -0.179. The molecule has 0 bridgehead atoms. The molecule has 1 aliphatic rings. The first-order chi connectivity index (χ1) is 16.0. The Kier molecular flexibility index (Phi) is 7.09. The molecule has 1 fully saturated rings. The van der Waals surface area contributed by atoms with E-state index in [1.54, 1.807) is 18.3 Å². The third-order valence-electron chi connectivity index (χ3n) is 5.55. The summed E-state index contributed by atoms with van der Waals surface area (Å²) in [7, 11) is 0.782. The van der Waals surface area contributed by atoms with Gasteiger partial charge >= 0.3 is 0 Å². The van der Waals surface area contributed by atoms with Gasteiger partial charge in [-0.25, -0.2) is 4.98 Å². The highest BCUT2D eigenvalue weighted by molar-refractivity contribution is 6.31. The molecule has 0 radical (unpaired) electrons. The number of nitrogens with one attached hydrogen (secondary N) is 2. The van der Waals surface area contributed by atoms with Crippen molar-refractivity contribution in [1.29, 1.82) is 0 Å². The highest BCUT2D eigenvalue weighted by Gasteiger charge is 2.17. The number of pyridine rings is 1. The van der Waals surface area contributed by atoms with Gasteiger partial charge in [0.25, 0.3) is 5.91 Å². The molecule has 0 saturated carbocycles. The SMILES string of the molecule is CBn1ccc(C(=O)NCC(=O)Nc2cccc(-c3cccc(N4CCO[C@H](C)C4)c3)n2)c1. The second-order valence-corrected chi connectivity index (χ2v) is 8.05. The lowest BCUT2D eigenvalue weighted by molar-refractivity contribution is -0.115. The summed E-state index contributed by atoms with van der Waals surface area (Å²) in [5, 5.41) is 5.40. The molecule has 1 atom stereocenters. The minimum Gasteiger partial charge on any atom is -0.401 e. The molecule has 33 heavy (non-hydrogen) atoms. The van der Waals surface area contributed by atoms with Crippen LogP contribution in [-0.4, -0.2) is 61.0 Å². The van der Waals surface area contributed by atoms with E-state index >= 15 is 0 Å². The predicted molar refractivity (Wildman–Crippen MR) is 131 cm³/mol. The lowest BCUT2D eigenvalue weighted by atomic mass is 10.0. The van der Waals surface area contributed by atoms with E-state index in [2.05, 4.69) is 39.6 Å². The number of hydrogen-bond donors (Lipinski definition) is 2. The maximum Gasteiger partial charge on any atom is 0.253 e. The van der Waals surface area contributed by atoms with Gasteiger partial charge in [-0.2, -0.15) is 0 Å². The van der Waals surface area contributed by atoms with Crippen molar-refractivity contribution in [2.75, 3.05) is 36.5 Å². The molecule has 170 valence electrons. The smallest absolute Gasteiger partial charge is 0.253 e. The molecule has 1 saturated heterocycles. The Morgan fingerprint density at radius 3 is 2.85 bits per heavy atom. The van der Waals surface area contributed by atoms with Crippen LogP contribution >= 0.6 is 0 Å². The summed E-state index contributed by atoms with van der Waals surface area (Å²) >= 11 is 0. The van der Waals surface area contributed by atoms with Crippen molar-refractivity contribution in [1.82, 2.24) is 14.8 Å².